The highest BCUT2D eigenvalue weighted by atomic mass is 32.2. The first-order valence-electron chi connectivity index (χ1n) is 6.11. The molecular formula is C12H14N4O2S2. The zero-order valence-corrected chi connectivity index (χ0v) is 12.5. The predicted molar refractivity (Wildman–Crippen MR) is 81.3 cm³/mol. The summed E-state index contributed by atoms with van der Waals surface area (Å²) in [5, 5.41) is 21.9. The Morgan fingerprint density at radius 1 is 1.50 bits per heavy atom. The molecule has 1 N–H and O–H groups in total. The molecule has 0 aliphatic carbocycles. The standard InChI is InChI=1S/C12H14N4O2S2/c1-2-5-13-10-4-3-9(6-11(10)16(17)18)7-19-12-15-14-8-20-12/h3-4,6,8,13H,2,5,7H2,1H3. The van der Waals surface area contributed by atoms with Gasteiger partial charge in [-0.1, -0.05) is 36.1 Å². The van der Waals surface area contributed by atoms with Crippen LogP contribution in [-0.4, -0.2) is 21.7 Å². The van der Waals surface area contributed by atoms with Gasteiger partial charge in [-0.2, -0.15) is 0 Å². The lowest BCUT2D eigenvalue weighted by molar-refractivity contribution is -0.384. The van der Waals surface area contributed by atoms with Gasteiger partial charge in [-0.15, -0.1) is 10.2 Å². The summed E-state index contributed by atoms with van der Waals surface area (Å²) >= 11 is 2.99. The second-order valence-corrected chi connectivity index (χ2v) is 6.08. The van der Waals surface area contributed by atoms with Gasteiger partial charge in [0.25, 0.3) is 5.69 Å². The lowest BCUT2D eigenvalue weighted by atomic mass is 10.2. The van der Waals surface area contributed by atoms with Crippen LogP contribution in [0.25, 0.3) is 0 Å². The molecule has 0 radical (unpaired) electrons. The van der Waals surface area contributed by atoms with Crippen molar-refractivity contribution in [3.8, 4) is 0 Å². The summed E-state index contributed by atoms with van der Waals surface area (Å²) in [5.74, 6) is 0.643. The Balaban J connectivity index is 2.10. The fourth-order valence-electron chi connectivity index (χ4n) is 1.60. The number of anilines is 1. The Hall–Kier alpha value is -1.67. The van der Waals surface area contributed by atoms with Crippen molar-refractivity contribution in [1.29, 1.82) is 0 Å². The molecule has 0 aliphatic rings. The average molecular weight is 310 g/mol. The van der Waals surface area contributed by atoms with Crippen molar-refractivity contribution < 1.29 is 4.92 Å². The number of thioether (sulfide) groups is 1. The zero-order chi connectivity index (χ0) is 14.4. The van der Waals surface area contributed by atoms with E-state index in [2.05, 4.69) is 15.5 Å². The first-order chi connectivity index (χ1) is 9.70. The minimum atomic E-state index is -0.350. The van der Waals surface area contributed by atoms with Crippen LogP contribution in [0.4, 0.5) is 11.4 Å². The van der Waals surface area contributed by atoms with E-state index in [0.717, 1.165) is 22.9 Å². The zero-order valence-electron chi connectivity index (χ0n) is 10.9. The van der Waals surface area contributed by atoms with E-state index in [4.69, 9.17) is 0 Å². The summed E-state index contributed by atoms with van der Waals surface area (Å²) in [7, 11) is 0. The summed E-state index contributed by atoms with van der Waals surface area (Å²) in [6, 6.07) is 5.29. The van der Waals surface area contributed by atoms with E-state index in [9.17, 15) is 10.1 Å². The van der Waals surface area contributed by atoms with Crippen LogP contribution in [0.2, 0.25) is 0 Å². The van der Waals surface area contributed by atoms with Gasteiger partial charge < -0.3 is 5.32 Å². The minimum Gasteiger partial charge on any atom is -0.380 e. The van der Waals surface area contributed by atoms with Crippen LogP contribution in [0.5, 0.6) is 0 Å². The Morgan fingerprint density at radius 3 is 3.00 bits per heavy atom. The van der Waals surface area contributed by atoms with Crippen LogP contribution in [0, 0.1) is 10.1 Å². The van der Waals surface area contributed by atoms with Crippen LogP contribution >= 0.6 is 23.1 Å². The van der Waals surface area contributed by atoms with Gasteiger partial charge >= 0.3 is 0 Å². The van der Waals surface area contributed by atoms with Gasteiger partial charge in [0.2, 0.25) is 0 Å². The number of hydrogen-bond donors (Lipinski definition) is 1. The summed E-state index contributed by atoms with van der Waals surface area (Å²) < 4.78 is 0.862. The van der Waals surface area contributed by atoms with Crippen LogP contribution < -0.4 is 5.32 Å². The SMILES string of the molecule is CCCNc1ccc(CSc2nncs2)cc1[N+](=O)[O-]. The molecule has 0 saturated carbocycles. The van der Waals surface area contributed by atoms with Crippen LogP contribution in [-0.2, 0) is 5.75 Å². The van der Waals surface area contributed by atoms with Gasteiger partial charge in [-0.05, 0) is 18.1 Å². The quantitative estimate of drug-likeness (QED) is 0.478. The Kier molecular flexibility index (Phi) is 5.31. The second-order valence-electron chi connectivity index (χ2n) is 4.03. The van der Waals surface area contributed by atoms with Gasteiger partial charge in [0.15, 0.2) is 4.34 Å². The van der Waals surface area contributed by atoms with Crippen molar-refractivity contribution in [2.24, 2.45) is 0 Å². The Morgan fingerprint density at radius 2 is 2.35 bits per heavy atom. The molecule has 0 atom stereocenters. The number of rotatable bonds is 7. The van der Waals surface area contributed by atoms with E-state index in [1.807, 2.05) is 13.0 Å². The largest absolute Gasteiger partial charge is 0.380 e. The number of nitrogens with zero attached hydrogens (tertiary/aromatic N) is 3. The highest BCUT2D eigenvalue weighted by Gasteiger charge is 2.14. The van der Waals surface area contributed by atoms with E-state index in [0.29, 0.717) is 11.4 Å². The maximum atomic E-state index is 11.1. The smallest absolute Gasteiger partial charge is 0.292 e. The molecule has 0 spiro atoms. The lowest BCUT2D eigenvalue weighted by Gasteiger charge is -2.07. The molecule has 2 rings (SSSR count). The average Bonchev–Trinajstić information content (AvgIpc) is 2.96. The van der Waals surface area contributed by atoms with E-state index < -0.39 is 0 Å². The van der Waals surface area contributed by atoms with Crippen LogP contribution in [0.15, 0.2) is 28.0 Å². The lowest BCUT2D eigenvalue weighted by Crippen LogP contribution is -2.03. The first kappa shape index (κ1) is 14.7. The summed E-state index contributed by atoms with van der Waals surface area (Å²) in [6.07, 6.45) is 0.922. The third-order valence-corrected chi connectivity index (χ3v) is 4.46. The maximum absolute atomic E-state index is 11.1. The molecule has 0 aliphatic heterocycles. The highest BCUT2D eigenvalue weighted by Crippen LogP contribution is 2.29. The van der Waals surface area contributed by atoms with E-state index in [-0.39, 0.29) is 10.6 Å². The molecule has 6 nitrogen and oxygen atoms in total. The van der Waals surface area contributed by atoms with E-state index in [1.165, 1.54) is 23.1 Å². The number of benzene rings is 1. The summed E-state index contributed by atoms with van der Waals surface area (Å²) in [6.45, 7) is 2.74. The van der Waals surface area contributed by atoms with Crippen LogP contribution in [0.1, 0.15) is 18.9 Å². The van der Waals surface area contributed by atoms with Crippen molar-refractivity contribution in [3.05, 3.63) is 39.4 Å². The molecule has 8 heteroatoms. The third kappa shape index (κ3) is 3.91. The molecular weight excluding hydrogens is 296 g/mol. The number of nitrogens with one attached hydrogen (secondary N) is 1. The Bertz CT molecular complexity index is 575. The molecule has 106 valence electrons. The molecule has 0 unspecified atom stereocenters. The second kappa shape index (κ2) is 7.20. The normalized spacial score (nSPS) is 10.4. The molecule has 1 heterocycles. The van der Waals surface area contributed by atoms with Gasteiger partial charge in [0.05, 0.1) is 4.92 Å². The fourth-order valence-corrected chi connectivity index (χ4v) is 3.03. The van der Waals surface area contributed by atoms with E-state index in [1.54, 1.807) is 17.6 Å². The van der Waals surface area contributed by atoms with Crippen molar-refractivity contribution >= 4 is 34.5 Å². The van der Waals surface area contributed by atoms with Crippen molar-refractivity contribution in [3.63, 3.8) is 0 Å². The van der Waals surface area contributed by atoms with Gasteiger partial charge in [0, 0.05) is 18.4 Å². The van der Waals surface area contributed by atoms with Gasteiger partial charge in [-0.25, -0.2) is 0 Å². The van der Waals surface area contributed by atoms with E-state index >= 15 is 0 Å². The topological polar surface area (TPSA) is 81.0 Å². The monoisotopic (exact) mass is 310 g/mol. The molecule has 1 aromatic carbocycles. The van der Waals surface area contributed by atoms with Gasteiger partial charge in [0.1, 0.15) is 11.2 Å². The number of nitro groups is 1. The highest BCUT2D eigenvalue weighted by molar-refractivity contribution is 8.00. The fraction of sp³-hybridized carbons (Fsp3) is 0.333. The minimum absolute atomic E-state index is 0.119. The van der Waals surface area contributed by atoms with Crippen molar-refractivity contribution in [2.75, 3.05) is 11.9 Å². The predicted octanol–water partition coefficient (Wildman–Crippen LogP) is 3.56. The summed E-state index contributed by atoms with van der Waals surface area (Å²) in [5.41, 5.74) is 3.26. The third-order valence-electron chi connectivity index (χ3n) is 2.53. The maximum Gasteiger partial charge on any atom is 0.292 e. The molecule has 0 bridgehead atoms. The number of aromatic nitrogens is 2. The Labute approximate surface area is 124 Å². The van der Waals surface area contributed by atoms with Crippen molar-refractivity contribution in [2.45, 2.75) is 23.4 Å². The summed E-state index contributed by atoms with van der Waals surface area (Å²) in [4.78, 5) is 10.8. The first-order valence-corrected chi connectivity index (χ1v) is 7.97. The molecule has 1 aromatic heterocycles. The molecule has 0 fully saturated rings. The van der Waals surface area contributed by atoms with Gasteiger partial charge in [-0.3, -0.25) is 10.1 Å². The van der Waals surface area contributed by atoms with Crippen molar-refractivity contribution in [1.82, 2.24) is 10.2 Å². The molecule has 0 saturated heterocycles. The molecule has 0 amide bonds. The van der Waals surface area contributed by atoms with Crippen LogP contribution in [0.3, 0.4) is 0 Å². The number of nitro benzene ring substituents is 1. The molecule has 20 heavy (non-hydrogen) atoms. The molecule has 2 aromatic rings. The number of hydrogen-bond acceptors (Lipinski definition) is 7.